The van der Waals surface area contributed by atoms with Crippen molar-refractivity contribution in [2.24, 2.45) is 0 Å². The Balaban J connectivity index is 0.00000304. The topological polar surface area (TPSA) is 50.7 Å². The van der Waals surface area contributed by atoms with Crippen LogP contribution in [-0.4, -0.2) is 24.3 Å². The number of nitrogens with one attached hydrogen (secondary N) is 1. The van der Waals surface area contributed by atoms with Crippen molar-refractivity contribution in [2.75, 3.05) is 13.2 Å². The number of benzene rings is 4. The minimum Gasteiger partial charge on any atom is -0.508 e. The molecule has 0 bridgehead atoms. The van der Waals surface area contributed by atoms with Gasteiger partial charge < -0.3 is 19.9 Å². The van der Waals surface area contributed by atoms with Crippen LogP contribution in [0.15, 0.2) is 72.8 Å². The van der Waals surface area contributed by atoms with Crippen LogP contribution in [0.25, 0.3) is 21.9 Å². The third-order valence-electron chi connectivity index (χ3n) is 6.38. The van der Waals surface area contributed by atoms with Gasteiger partial charge in [0.15, 0.2) is 0 Å². The number of hydrogen-bond acceptors (Lipinski definition) is 4. The maximum absolute atomic E-state index is 14.7. The molecule has 1 aliphatic heterocycles. The van der Waals surface area contributed by atoms with E-state index in [9.17, 15) is 13.9 Å². The molecule has 0 aromatic heterocycles. The summed E-state index contributed by atoms with van der Waals surface area (Å²) in [5.74, 6) is 0.288. The SMILES string of the molecule is Cl.Oc1ccc2c(Oc3ccc(OCCC4CCCCN4)cc3)c(-c3c(F)cccc3F)ccc2c1. The van der Waals surface area contributed by atoms with Crippen molar-refractivity contribution in [3.8, 4) is 34.1 Å². The smallest absolute Gasteiger partial charge is 0.143 e. The quantitative estimate of drug-likeness (QED) is 0.268. The van der Waals surface area contributed by atoms with Crippen molar-refractivity contribution in [3.63, 3.8) is 0 Å². The van der Waals surface area contributed by atoms with E-state index in [1.165, 1.54) is 43.5 Å². The lowest BCUT2D eigenvalue weighted by Crippen LogP contribution is -2.35. The molecule has 36 heavy (non-hydrogen) atoms. The Hall–Kier alpha value is -3.35. The minimum atomic E-state index is -0.677. The summed E-state index contributed by atoms with van der Waals surface area (Å²) >= 11 is 0. The summed E-state index contributed by atoms with van der Waals surface area (Å²) < 4.78 is 41.4. The number of hydrogen-bond donors (Lipinski definition) is 2. The van der Waals surface area contributed by atoms with E-state index >= 15 is 0 Å². The molecule has 1 saturated heterocycles. The van der Waals surface area contributed by atoms with Gasteiger partial charge in [-0.2, -0.15) is 0 Å². The lowest BCUT2D eigenvalue weighted by Gasteiger charge is -2.23. The van der Waals surface area contributed by atoms with Crippen LogP contribution in [-0.2, 0) is 0 Å². The first-order chi connectivity index (χ1) is 17.1. The number of ether oxygens (including phenoxy) is 2. The molecule has 0 saturated carbocycles. The van der Waals surface area contributed by atoms with Gasteiger partial charge in [-0.15, -0.1) is 12.4 Å². The number of rotatable bonds is 7. The molecule has 4 aromatic rings. The molecule has 1 atom stereocenters. The van der Waals surface area contributed by atoms with Gasteiger partial charge in [-0.3, -0.25) is 0 Å². The second-order valence-corrected chi connectivity index (χ2v) is 8.80. The van der Waals surface area contributed by atoms with Crippen molar-refractivity contribution < 1.29 is 23.4 Å². The summed E-state index contributed by atoms with van der Waals surface area (Å²) in [6, 6.07) is 19.6. The predicted octanol–water partition coefficient (Wildman–Crippen LogP) is 7.62. The first kappa shape index (κ1) is 25.7. The molecule has 1 fully saturated rings. The molecule has 5 rings (SSSR count). The first-order valence-corrected chi connectivity index (χ1v) is 11.9. The predicted molar refractivity (Wildman–Crippen MR) is 140 cm³/mol. The molecule has 0 radical (unpaired) electrons. The third kappa shape index (κ3) is 5.72. The molecule has 0 spiro atoms. The number of phenols is 1. The zero-order valence-electron chi connectivity index (χ0n) is 19.7. The normalized spacial score (nSPS) is 15.3. The Morgan fingerprint density at radius 2 is 1.64 bits per heavy atom. The van der Waals surface area contributed by atoms with Gasteiger partial charge in [0.05, 0.1) is 12.2 Å². The van der Waals surface area contributed by atoms with Crippen molar-refractivity contribution in [3.05, 3.63) is 84.4 Å². The highest BCUT2D eigenvalue weighted by Gasteiger charge is 2.19. The van der Waals surface area contributed by atoms with E-state index in [0.29, 0.717) is 40.5 Å². The van der Waals surface area contributed by atoms with Crippen LogP contribution in [0.4, 0.5) is 8.78 Å². The van der Waals surface area contributed by atoms with Crippen molar-refractivity contribution >= 4 is 23.2 Å². The van der Waals surface area contributed by atoms with Gasteiger partial charge in [-0.25, -0.2) is 8.78 Å². The fourth-order valence-corrected chi connectivity index (χ4v) is 4.56. The monoisotopic (exact) mass is 511 g/mol. The summed E-state index contributed by atoms with van der Waals surface area (Å²) in [4.78, 5) is 0. The first-order valence-electron chi connectivity index (χ1n) is 11.9. The van der Waals surface area contributed by atoms with E-state index in [1.807, 2.05) is 12.1 Å². The van der Waals surface area contributed by atoms with Crippen molar-refractivity contribution in [2.45, 2.75) is 31.7 Å². The van der Waals surface area contributed by atoms with Crippen LogP contribution in [0.1, 0.15) is 25.7 Å². The van der Waals surface area contributed by atoms with Gasteiger partial charge in [0, 0.05) is 17.0 Å². The Morgan fingerprint density at radius 3 is 2.36 bits per heavy atom. The van der Waals surface area contributed by atoms with Gasteiger partial charge in [-0.1, -0.05) is 18.6 Å². The molecule has 0 amide bonds. The van der Waals surface area contributed by atoms with Gasteiger partial charge >= 0.3 is 0 Å². The summed E-state index contributed by atoms with van der Waals surface area (Å²) in [5, 5.41) is 14.7. The fourth-order valence-electron chi connectivity index (χ4n) is 4.56. The highest BCUT2D eigenvalue weighted by atomic mass is 35.5. The molecule has 4 nitrogen and oxygen atoms in total. The van der Waals surface area contributed by atoms with E-state index in [1.54, 1.807) is 36.4 Å². The van der Waals surface area contributed by atoms with Crippen LogP contribution in [0.2, 0.25) is 0 Å². The van der Waals surface area contributed by atoms with Crippen LogP contribution in [0, 0.1) is 11.6 Å². The zero-order chi connectivity index (χ0) is 24.2. The van der Waals surface area contributed by atoms with Crippen LogP contribution in [0.3, 0.4) is 0 Å². The average Bonchev–Trinajstić information content (AvgIpc) is 2.86. The molecule has 1 heterocycles. The summed E-state index contributed by atoms with van der Waals surface area (Å²) in [7, 11) is 0. The van der Waals surface area contributed by atoms with E-state index < -0.39 is 11.6 Å². The number of halogens is 3. The number of phenolic OH excluding ortho intramolecular Hbond substituents is 1. The lowest BCUT2D eigenvalue weighted by atomic mass is 9.98. The van der Waals surface area contributed by atoms with Crippen LogP contribution >= 0.6 is 12.4 Å². The molecule has 188 valence electrons. The molecule has 0 aliphatic carbocycles. The Bertz CT molecular complexity index is 1300. The number of fused-ring (bicyclic) bond motifs is 1. The Morgan fingerprint density at radius 1 is 0.889 bits per heavy atom. The number of piperidine rings is 1. The van der Waals surface area contributed by atoms with E-state index in [2.05, 4.69) is 5.32 Å². The highest BCUT2D eigenvalue weighted by molar-refractivity contribution is 5.96. The summed E-state index contributed by atoms with van der Waals surface area (Å²) in [6.45, 7) is 1.70. The van der Waals surface area contributed by atoms with Crippen LogP contribution < -0.4 is 14.8 Å². The molecule has 2 N–H and O–H groups in total. The second-order valence-electron chi connectivity index (χ2n) is 8.80. The molecule has 7 heteroatoms. The molecule has 1 unspecified atom stereocenters. The van der Waals surface area contributed by atoms with Gasteiger partial charge in [-0.05, 0) is 91.9 Å². The highest BCUT2D eigenvalue weighted by Crippen LogP contribution is 2.42. The lowest BCUT2D eigenvalue weighted by molar-refractivity contribution is 0.268. The van der Waals surface area contributed by atoms with E-state index in [-0.39, 0.29) is 23.7 Å². The van der Waals surface area contributed by atoms with Gasteiger partial charge in [0.25, 0.3) is 0 Å². The molecular formula is C29H28ClF2NO3. The molecule has 1 aliphatic rings. The maximum Gasteiger partial charge on any atom is 0.143 e. The number of aromatic hydroxyl groups is 1. The molecular weight excluding hydrogens is 484 g/mol. The van der Waals surface area contributed by atoms with E-state index in [0.717, 1.165) is 18.7 Å². The second kappa shape index (κ2) is 11.6. The van der Waals surface area contributed by atoms with Gasteiger partial charge in [0.1, 0.15) is 34.6 Å². The minimum absolute atomic E-state index is 0. The Labute approximate surface area is 215 Å². The fraction of sp³-hybridized carbons (Fsp3) is 0.241. The van der Waals surface area contributed by atoms with Crippen molar-refractivity contribution in [1.82, 2.24) is 5.32 Å². The zero-order valence-corrected chi connectivity index (χ0v) is 20.5. The summed E-state index contributed by atoms with van der Waals surface area (Å²) in [5.41, 5.74) is 0.132. The average molecular weight is 512 g/mol. The molecule has 4 aromatic carbocycles. The standard InChI is InChI=1S/C29H27F2NO3.ClH/c30-26-5-3-6-27(31)28(26)25-13-7-19-18-21(33)8-14-24(19)29(25)35-23-11-9-22(10-12-23)34-17-15-20-4-1-2-16-32-20;/h3,5-14,18,20,32-33H,1-2,4,15-17H2;1H. The van der Waals surface area contributed by atoms with Crippen molar-refractivity contribution in [1.29, 1.82) is 0 Å². The third-order valence-corrected chi connectivity index (χ3v) is 6.38. The van der Waals surface area contributed by atoms with Gasteiger partial charge in [0.2, 0.25) is 0 Å². The largest absolute Gasteiger partial charge is 0.508 e. The summed E-state index contributed by atoms with van der Waals surface area (Å²) in [6.07, 6.45) is 4.64. The maximum atomic E-state index is 14.7. The van der Waals surface area contributed by atoms with E-state index in [4.69, 9.17) is 9.47 Å². The Kier molecular flexibility index (Phi) is 8.28. The van der Waals surface area contributed by atoms with Crippen LogP contribution in [0.5, 0.6) is 23.0 Å².